The van der Waals surface area contributed by atoms with E-state index in [1.165, 1.54) is 6.92 Å². The van der Waals surface area contributed by atoms with E-state index in [1.807, 2.05) is 21.1 Å². The van der Waals surface area contributed by atoms with Gasteiger partial charge < -0.3 is 0 Å². The van der Waals surface area contributed by atoms with Crippen LogP contribution in [0.15, 0.2) is 0 Å². The first-order valence-corrected chi connectivity index (χ1v) is 5.31. The van der Waals surface area contributed by atoms with E-state index >= 15 is 0 Å². The van der Waals surface area contributed by atoms with E-state index in [0.29, 0.717) is 11.0 Å². The van der Waals surface area contributed by atoms with Crippen molar-refractivity contribution < 1.29 is 14.4 Å². The molecule has 0 aromatic rings. The van der Waals surface area contributed by atoms with Crippen molar-refractivity contribution in [3.8, 4) is 0 Å². The van der Waals surface area contributed by atoms with Gasteiger partial charge in [0.05, 0.1) is 0 Å². The molecule has 0 saturated heterocycles. The fourth-order valence-corrected chi connectivity index (χ4v) is 2.60. The second-order valence-electron chi connectivity index (χ2n) is 3.54. The molecule has 0 bridgehead atoms. The van der Waals surface area contributed by atoms with Gasteiger partial charge >= 0.3 is 73.6 Å². The molecule has 0 heterocycles. The Labute approximate surface area is 74.1 Å². The molecule has 1 atom stereocenters. The van der Waals surface area contributed by atoms with E-state index in [0.717, 1.165) is 0 Å². The minimum atomic E-state index is -0.431. The first kappa shape index (κ1) is 11.1. The van der Waals surface area contributed by atoms with Crippen LogP contribution in [0.25, 0.3) is 0 Å². The molecule has 66 valence electrons. The monoisotopic (exact) mass is 226 g/mol. The summed E-state index contributed by atoms with van der Waals surface area (Å²) in [7, 11) is 6.00. The third kappa shape index (κ3) is 8.01. The van der Waals surface area contributed by atoms with E-state index < -0.39 is 5.00 Å². The molecule has 0 aliphatic heterocycles. The average molecular weight is 225 g/mol. The molecular formula is C7H16NO2Se+. The van der Waals surface area contributed by atoms with Gasteiger partial charge in [0.1, 0.15) is 0 Å². The summed E-state index contributed by atoms with van der Waals surface area (Å²) in [5, 5.41) is 8.92. The first-order chi connectivity index (χ1) is 4.81. The Balaban J connectivity index is 3.69. The fraction of sp³-hybridized carbons (Fsp3) is 0.857. The molecule has 1 unspecified atom stereocenters. The Morgan fingerprint density at radius 3 is 2.27 bits per heavy atom. The SMILES string of the molecule is CC(=O)[Se]C(O)C[N+](C)(C)C. The molecule has 0 fully saturated rings. The zero-order valence-electron chi connectivity index (χ0n) is 7.50. The summed E-state index contributed by atoms with van der Waals surface area (Å²) in [5.41, 5.74) is 0. The van der Waals surface area contributed by atoms with Crippen molar-refractivity contribution in [3.05, 3.63) is 0 Å². The van der Waals surface area contributed by atoms with Crippen LogP contribution in [0.5, 0.6) is 0 Å². The Hall–Kier alpha value is 0.109. The molecular weight excluding hydrogens is 209 g/mol. The number of quaternary nitrogens is 1. The average Bonchev–Trinajstić information content (AvgIpc) is 1.53. The molecule has 0 aliphatic carbocycles. The summed E-state index contributed by atoms with van der Waals surface area (Å²) < 4.78 is 0.814. The van der Waals surface area contributed by atoms with Gasteiger partial charge in [-0.3, -0.25) is 0 Å². The summed E-state index contributed by atoms with van der Waals surface area (Å²) in [6.07, 6.45) is 0. The third-order valence-corrected chi connectivity index (χ3v) is 2.59. The summed E-state index contributed by atoms with van der Waals surface area (Å²) >= 11 is -0.258. The van der Waals surface area contributed by atoms with Gasteiger partial charge in [0.15, 0.2) is 0 Å². The zero-order valence-corrected chi connectivity index (χ0v) is 9.21. The number of rotatable bonds is 4. The van der Waals surface area contributed by atoms with Gasteiger partial charge in [-0.2, -0.15) is 0 Å². The molecule has 0 radical (unpaired) electrons. The van der Waals surface area contributed by atoms with E-state index in [4.69, 9.17) is 0 Å². The van der Waals surface area contributed by atoms with Crippen molar-refractivity contribution in [2.75, 3.05) is 27.7 Å². The van der Waals surface area contributed by atoms with E-state index in [2.05, 4.69) is 0 Å². The molecule has 0 spiro atoms. The topological polar surface area (TPSA) is 37.3 Å². The Morgan fingerprint density at radius 2 is 2.00 bits per heavy atom. The molecule has 0 amide bonds. The van der Waals surface area contributed by atoms with Gasteiger partial charge in [-0.1, -0.05) is 0 Å². The maximum atomic E-state index is 10.6. The van der Waals surface area contributed by atoms with Crippen LogP contribution in [-0.2, 0) is 4.79 Å². The van der Waals surface area contributed by atoms with Crippen molar-refractivity contribution in [2.24, 2.45) is 0 Å². The fourth-order valence-electron chi connectivity index (χ4n) is 0.697. The summed E-state index contributed by atoms with van der Waals surface area (Å²) in [6, 6.07) is 0. The summed E-state index contributed by atoms with van der Waals surface area (Å²) in [6.45, 7) is 2.18. The minimum absolute atomic E-state index is 0.110. The molecule has 0 aliphatic rings. The molecule has 3 nitrogen and oxygen atoms in total. The van der Waals surface area contributed by atoms with Crippen molar-refractivity contribution in [2.45, 2.75) is 11.9 Å². The number of hydrogen-bond acceptors (Lipinski definition) is 2. The van der Waals surface area contributed by atoms with Crippen molar-refractivity contribution in [1.29, 1.82) is 0 Å². The molecule has 4 heteroatoms. The number of likely N-dealkylation sites (N-methyl/N-ethyl adjacent to an activating group) is 1. The van der Waals surface area contributed by atoms with Crippen LogP contribution in [0.1, 0.15) is 6.92 Å². The maximum absolute atomic E-state index is 10.6. The molecule has 0 aromatic heterocycles. The number of carbonyl (C=O) groups excluding carboxylic acids is 1. The van der Waals surface area contributed by atoms with Gasteiger partial charge in [0.2, 0.25) is 0 Å². The van der Waals surface area contributed by atoms with Crippen molar-refractivity contribution in [1.82, 2.24) is 0 Å². The third-order valence-electron chi connectivity index (χ3n) is 1.01. The van der Waals surface area contributed by atoms with E-state index in [9.17, 15) is 9.90 Å². The van der Waals surface area contributed by atoms with E-state index in [1.54, 1.807) is 0 Å². The molecule has 0 rings (SSSR count). The first-order valence-electron chi connectivity index (χ1n) is 3.47. The molecule has 11 heavy (non-hydrogen) atoms. The Kier molecular flexibility index (Phi) is 4.26. The van der Waals surface area contributed by atoms with Gasteiger partial charge in [0.25, 0.3) is 0 Å². The van der Waals surface area contributed by atoms with Crippen LogP contribution in [0.4, 0.5) is 0 Å². The number of aliphatic hydroxyl groups is 1. The second kappa shape index (κ2) is 4.21. The van der Waals surface area contributed by atoms with Crippen LogP contribution >= 0.6 is 0 Å². The van der Waals surface area contributed by atoms with Crippen LogP contribution in [0, 0.1) is 0 Å². The van der Waals surface area contributed by atoms with Crippen molar-refractivity contribution >= 4 is 19.6 Å². The number of hydrogen-bond donors (Lipinski definition) is 1. The summed E-state index contributed by atoms with van der Waals surface area (Å²) in [5.74, 6) is 0. The zero-order chi connectivity index (χ0) is 9.07. The number of carbonyl (C=O) groups is 1. The van der Waals surface area contributed by atoms with Gasteiger partial charge in [-0.25, -0.2) is 0 Å². The standard InChI is InChI=1S/C7H16NO2Se/c1-6(9)11-7(10)5-8(2,3)4/h7,10H,5H2,1-4H3/q+1. The Morgan fingerprint density at radius 1 is 1.55 bits per heavy atom. The number of nitrogens with zero attached hydrogens (tertiary/aromatic N) is 1. The van der Waals surface area contributed by atoms with Gasteiger partial charge in [-0.15, -0.1) is 0 Å². The predicted octanol–water partition coefficient (Wildman–Crippen LogP) is -0.738. The van der Waals surface area contributed by atoms with Crippen LogP contribution < -0.4 is 0 Å². The normalized spacial score (nSPS) is 14.6. The molecule has 1 N–H and O–H groups in total. The van der Waals surface area contributed by atoms with Crippen molar-refractivity contribution in [3.63, 3.8) is 0 Å². The van der Waals surface area contributed by atoms with Crippen LogP contribution in [0.3, 0.4) is 0 Å². The molecule has 0 aromatic carbocycles. The second-order valence-corrected chi connectivity index (χ2v) is 6.38. The van der Waals surface area contributed by atoms with Crippen LogP contribution in [-0.4, -0.2) is 61.9 Å². The summed E-state index contributed by atoms with van der Waals surface area (Å²) in [4.78, 5) is 10.6. The number of aliphatic hydroxyl groups excluding tert-OH is 1. The van der Waals surface area contributed by atoms with Crippen LogP contribution in [0.2, 0.25) is 0 Å². The molecule has 0 saturated carbocycles. The van der Waals surface area contributed by atoms with Gasteiger partial charge in [0, 0.05) is 0 Å². The predicted molar refractivity (Wildman–Crippen MR) is 45.3 cm³/mol. The Bertz CT molecular complexity index is 142. The van der Waals surface area contributed by atoms with Gasteiger partial charge in [-0.05, 0) is 0 Å². The van der Waals surface area contributed by atoms with E-state index in [-0.39, 0.29) is 19.6 Å². The quantitative estimate of drug-likeness (QED) is 0.505.